The molecule has 0 saturated carbocycles. The highest BCUT2D eigenvalue weighted by Gasteiger charge is 2.02. The molecule has 1 heterocycles. The molecule has 0 unspecified atom stereocenters. The summed E-state index contributed by atoms with van der Waals surface area (Å²) >= 11 is 3.49. The summed E-state index contributed by atoms with van der Waals surface area (Å²) in [7, 11) is 0. The fourth-order valence-electron chi connectivity index (χ4n) is 1.62. The number of pyridine rings is 1. The summed E-state index contributed by atoms with van der Waals surface area (Å²) in [5.74, 6) is 0.683. The lowest BCUT2D eigenvalue weighted by atomic mass is 10.2. The first-order valence-electron chi connectivity index (χ1n) is 5.50. The lowest BCUT2D eigenvalue weighted by Crippen LogP contribution is -1.96. The first-order chi connectivity index (χ1) is 8.58. The monoisotopic (exact) mass is 301 g/mol. The molecule has 0 fully saturated rings. The molecule has 2 aromatic rings. The smallest absolute Gasteiger partial charge is 0.131 e. The van der Waals surface area contributed by atoms with Gasteiger partial charge >= 0.3 is 0 Å². The zero-order valence-electron chi connectivity index (χ0n) is 10.2. The van der Waals surface area contributed by atoms with Crippen molar-refractivity contribution < 1.29 is 0 Å². The zero-order valence-corrected chi connectivity index (χ0v) is 11.7. The van der Waals surface area contributed by atoms with E-state index in [1.54, 1.807) is 12.1 Å². The molecule has 0 bridgehead atoms. The van der Waals surface area contributed by atoms with E-state index in [4.69, 9.17) is 5.26 Å². The highest BCUT2D eigenvalue weighted by Crippen LogP contribution is 2.23. The Hall–Kier alpha value is -1.86. The lowest BCUT2D eigenvalue weighted by molar-refractivity contribution is 1.19. The van der Waals surface area contributed by atoms with Crippen molar-refractivity contribution in [2.24, 2.45) is 0 Å². The summed E-state index contributed by atoms with van der Waals surface area (Å²) in [5.41, 5.74) is 3.55. The molecule has 0 amide bonds. The van der Waals surface area contributed by atoms with Crippen LogP contribution in [0.4, 0.5) is 11.5 Å². The number of hydrogen-bond donors (Lipinski definition) is 1. The van der Waals surface area contributed by atoms with Gasteiger partial charge in [-0.25, -0.2) is 4.98 Å². The Morgan fingerprint density at radius 2 is 2.00 bits per heavy atom. The predicted octanol–water partition coefficient (Wildman–Crippen LogP) is 4.08. The maximum atomic E-state index is 8.92. The van der Waals surface area contributed by atoms with E-state index in [0.29, 0.717) is 11.4 Å². The van der Waals surface area contributed by atoms with Crippen molar-refractivity contribution in [3.63, 3.8) is 0 Å². The van der Waals surface area contributed by atoms with Gasteiger partial charge in [-0.2, -0.15) is 5.26 Å². The molecular weight excluding hydrogens is 290 g/mol. The van der Waals surface area contributed by atoms with Gasteiger partial charge in [-0.05, 0) is 43.7 Å². The molecular formula is C14H12BrN3. The van der Waals surface area contributed by atoms with Crippen molar-refractivity contribution in [3.8, 4) is 6.07 Å². The second-order valence-corrected chi connectivity index (χ2v) is 4.94. The standard InChI is InChI=1S/C14H12BrN3/c1-9-3-4-12(7-13(9)15)18-14-6-11(8-16)5-10(2)17-14/h3-7H,1-2H3,(H,17,18). The molecule has 3 nitrogen and oxygen atoms in total. The van der Waals surface area contributed by atoms with Gasteiger partial charge in [-0.15, -0.1) is 0 Å². The Balaban J connectivity index is 2.31. The van der Waals surface area contributed by atoms with Crippen LogP contribution in [0.3, 0.4) is 0 Å². The summed E-state index contributed by atoms with van der Waals surface area (Å²) in [6, 6.07) is 11.6. The highest BCUT2D eigenvalue weighted by atomic mass is 79.9. The molecule has 90 valence electrons. The van der Waals surface area contributed by atoms with Gasteiger partial charge in [0.2, 0.25) is 0 Å². The Morgan fingerprint density at radius 3 is 2.67 bits per heavy atom. The third kappa shape index (κ3) is 2.88. The van der Waals surface area contributed by atoms with E-state index in [9.17, 15) is 0 Å². The molecule has 2 rings (SSSR count). The number of nitrogens with zero attached hydrogens (tertiary/aromatic N) is 2. The summed E-state index contributed by atoms with van der Waals surface area (Å²) in [6.45, 7) is 3.91. The first-order valence-corrected chi connectivity index (χ1v) is 6.30. The van der Waals surface area contributed by atoms with E-state index >= 15 is 0 Å². The second-order valence-electron chi connectivity index (χ2n) is 4.08. The predicted molar refractivity (Wildman–Crippen MR) is 75.9 cm³/mol. The number of nitriles is 1. The highest BCUT2D eigenvalue weighted by molar-refractivity contribution is 9.10. The van der Waals surface area contributed by atoms with Crippen molar-refractivity contribution >= 4 is 27.4 Å². The minimum Gasteiger partial charge on any atom is -0.340 e. The van der Waals surface area contributed by atoms with Crippen LogP contribution < -0.4 is 5.32 Å². The van der Waals surface area contributed by atoms with Crippen molar-refractivity contribution in [1.82, 2.24) is 4.98 Å². The van der Waals surface area contributed by atoms with Crippen LogP contribution in [0.15, 0.2) is 34.8 Å². The summed E-state index contributed by atoms with van der Waals surface area (Å²) < 4.78 is 1.04. The van der Waals surface area contributed by atoms with Gasteiger partial charge in [-0.1, -0.05) is 22.0 Å². The summed E-state index contributed by atoms with van der Waals surface area (Å²) in [4.78, 5) is 4.35. The van der Waals surface area contributed by atoms with E-state index in [-0.39, 0.29) is 0 Å². The molecule has 1 aromatic heterocycles. The number of rotatable bonds is 2. The van der Waals surface area contributed by atoms with Crippen molar-refractivity contribution in [2.75, 3.05) is 5.32 Å². The van der Waals surface area contributed by atoms with Crippen LogP contribution in [0.2, 0.25) is 0 Å². The van der Waals surface area contributed by atoms with Crippen molar-refractivity contribution in [3.05, 3.63) is 51.6 Å². The summed E-state index contributed by atoms with van der Waals surface area (Å²) in [5, 5.41) is 12.1. The SMILES string of the molecule is Cc1cc(C#N)cc(Nc2ccc(C)c(Br)c2)n1. The Labute approximate surface area is 115 Å². The third-order valence-corrected chi connectivity index (χ3v) is 3.38. The van der Waals surface area contributed by atoms with Crippen molar-refractivity contribution in [1.29, 1.82) is 5.26 Å². The first kappa shape index (κ1) is 12.6. The Bertz CT molecular complexity index is 629. The largest absolute Gasteiger partial charge is 0.340 e. The van der Waals surface area contributed by atoms with Gasteiger partial charge in [0, 0.05) is 15.9 Å². The van der Waals surface area contributed by atoms with Crippen molar-refractivity contribution in [2.45, 2.75) is 13.8 Å². The fourth-order valence-corrected chi connectivity index (χ4v) is 1.99. The second kappa shape index (κ2) is 5.19. The van der Waals surface area contributed by atoms with Gasteiger partial charge in [0.25, 0.3) is 0 Å². The van der Waals surface area contributed by atoms with Crippen LogP contribution in [-0.2, 0) is 0 Å². The van der Waals surface area contributed by atoms with Crippen LogP contribution in [0, 0.1) is 25.2 Å². The number of hydrogen-bond acceptors (Lipinski definition) is 3. The molecule has 0 spiro atoms. The van der Waals surface area contributed by atoms with E-state index in [0.717, 1.165) is 15.9 Å². The topological polar surface area (TPSA) is 48.7 Å². The minimum absolute atomic E-state index is 0.608. The summed E-state index contributed by atoms with van der Waals surface area (Å²) in [6.07, 6.45) is 0. The number of aryl methyl sites for hydroxylation is 2. The quantitative estimate of drug-likeness (QED) is 0.909. The molecule has 4 heteroatoms. The molecule has 0 aliphatic carbocycles. The van der Waals surface area contributed by atoms with E-state index in [1.165, 1.54) is 5.56 Å². The number of aromatic nitrogens is 1. The number of anilines is 2. The lowest BCUT2D eigenvalue weighted by Gasteiger charge is -2.08. The normalized spacial score (nSPS) is 9.89. The van der Waals surface area contributed by atoms with Crippen LogP contribution in [0.25, 0.3) is 0 Å². The minimum atomic E-state index is 0.608. The van der Waals surface area contributed by atoms with Gasteiger partial charge in [0.1, 0.15) is 5.82 Å². The molecule has 18 heavy (non-hydrogen) atoms. The molecule has 1 aromatic carbocycles. The Kier molecular flexibility index (Phi) is 3.63. The fraction of sp³-hybridized carbons (Fsp3) is 0.143. The van der Waals surface area contributed by atoms with Crippen LogP contribution in [0.5, 0.6) is 0 Å². The number of halogens is 1. The van der Waals surface area contributed by atoms with Gasteiger partial charge in [-0.3, -0.25) is 0 Å². The third-order valence-electron chi connectivity index (χ3n) is 2.53. The van der Waals surface area contributed by atoms with Gasteiger partial charge in [0.05, 0.1) is 11.6 Å². The average molecular weight is 302 g/mol. The molecule has 0 aliphatic heterocycles. The van der Waals surface area contributed by atoms with Crippen LogP contribution in [-0.4, -0.2) is 4.98 Å². The maximum Gasteiger partial charge on any atom is 0.131 e. The van der Waals surface area contributed by atoms with E-state index < -0.39 is 0 Å². The molecule has 0 saturated heterocycles. The van der Waals surface area contributed by atoms with E-state index in [2.05, 4.69) is 32.3 Å². The maximum absolute atomic E-state index is 8.92. The van der Waals surface area contributed by atoms with Gasteiger partial charge in [0.15, 0.2) is 0 Å². The molecule has 0 atom stereocenters. The number of nitrogens with one attached hydrogen (secondary N) is 1. The van der Waals surface area contributed by atoms with Crippen LogP contribution >= 0.6 is 15.9 Å². The zero-order chi connectivity index (χ0) is 13.1. The molecule has 0 aliphatic rings. The van der Waals surface area contributed by atoms with Gasteiger partial charge < -0.3 is 5.32 Å². The number of benzene rings is 1. The molecule has 0 radical (unpaired) electrons. The van der Waals surface area contributed by atoms with E-state index in [1.807, 2.05) is 32.0 Å². The molecule has 1 N–H and O–H groups in total. The van der Waals surface area contributed by atoms with Crippen LogP contribution in [0.1, 0.15) is 16.8 Å². The Morgan fingerprint density at radius 1 is 1.22 bits per heavy atom. The average Bonchev–Trinajstić information content (AvgIpc) is 2.33.